The molecule has 2 aliphatic heterocycles. The number of halogens is 1. The molecule has 0 aliphatic carbocycles. The second-order valence-corrected chi connectivity index (χ2v) is 7.06. The monoisotopic (exact) mass is 384 g/mol. The highest BCUT2D eigenvalue weighted by Gasteiger charge is 2.30. The minimum absolute atomic E-state index is 0.143. The first kappa shape index (κ1) is 17.5. The number of carbonyl (C=O) groups excluding carboxylic acids is 3. The van der Waals surface area contributed by atoms with Crippen LogP contribution in [0.1, 0.15) is 24.0 Å². The van der Waals surface area contributed by atoms with Crippen LogP contribution in [-0.4, -0.2) is 28.7 Å². The highest BCUT2D eigenvalue weighted by molar-refractivity contribution is 6.30. The molecular formula is C20H17ClN2O4. The molecule has 4 rings (SSSR count). The first-order valence-electron chi connectivity index (χ1n) is 8.68. The Kier molecular flexibility index (Phi) is 4.58. The van der Waals surface area contributed by atoms with Crippen LogP contribution in [0.3, 0.4) is 0 Å². The number of likely N-dealkylation sites (tertiary alicyclic amines) is 1. The van der Waals surface area contributed by atoms with E-state index in [9.17, 15) is 14.4 Å². The predicted octanol–water partition coefficient (Wildman–Crippen LogP) is 2.93. The Hall–Kier alpha value is -2.86. The fourth-order valence-corrected chi connectivity index (χ4v) is 3.46. The van der Waals surface area contributed by atoms with E-state index in [1.807, 2.05) is 0 Å². The molecule has 6 nitrogen and oxygen atoms in total. The van der Waals surface area contributed by atoms with E-state index in [4.69, 9.17) is 16.3 Å². The van der Waals surface area contributed by atoms with Crippen molar-refractivity contribution in [1.82, 2.24) is 4.90 Å². The van der Waals surface area contributed by atoms with E-state index in [1.54, 1.807) is 42.5 Å². The highest BCUT2D eigenvalue weighted by atomic mass is 35.5. The fraction of sp³-hybridized carbons (Fsp3) is 0.250. The van der Waals surface area contributed by atoms with Gasteiger partial charge in [-0.1, -0.05) is 23.7 Å². The molecule has 2 heterocycles. The Balaban J connectivity index is 1.37. The second kappa shape index (κ2) is 7.04. The molecule has 1 atom stereocenters. The molecule has 1 fully saturated rings. The Morgan fingerprint density at radius 1 is 1.11 bits per heavy atom. The summed E-state index contributed by atoms with van der Waals surface area (Å²) in [7, 11) is 0. The molecule has 1 unspecified atom stereocenters. The molecule has 0 aromatic heterocycles. The van der Waals surface area contributed by atoms with Crippen molar-refractivity contribution in [2.45, 2.75) is 31.9 Å². The average Bonchev–Trinajstić information content (AvgIpc) is 3.21. The first-order chi connectivity index (χ1) is 13.0. The molecule has 7 heteroatoms. The largest absolute Gasteiger partial charge is 0.480 e. The number of hydrogen-bond donors (Lipinski definition) is 1. The zero-order valence-electron chi connectivity index (χ0n) is 14.4. The van der Waals surface area contributed by atoms with Crippen LogP contribution in [0.4, 0.5) is 5.69 Å². The van der Waals surface area contributed by atoms with Crippen LogP contribution in [0, 0.1) is 0 Å². The van der Waals surface area contributed by atoms with Crippen molar-refractivity contribution < 1.29 is 19.1 Å². The van der Waals surface area contributed by atoms with Crippen LogP contribution < -0.4 is 10.1 Å². The number of carbonyl (C=O) groups is 3. The van der Waals surface area contributed by atoms with Crippen molar-refractivity contribution in [1.29, 1.82) is 0 Å². The molecule has 0 spiro atoms. The number of rotatable bonds is 4. The number of imide groups is 1. The van der Waals surface area contributed by atoms with E-state index in [1.165, 1.54) is 4.90 Å². The lowest BCUT2D eigenvalue weighted by molar-refractivity contribution is -0.139. The average molecular weight is 385 g/mol. The number of ether oxygens (including phenoxy) is 1. The standard InChI is InChI=1S/C20H17ClN2O4/c21-14-3-6-16-13(9-14)10-17(27-16)20(26)22-15-4-1-12(2-5-15)11-23-18(24)7-8-19(23)25/h1-6,9,17H,7-8,10-11H2,(H,22,26). The van der Waals surface area contributed by atoms with Crippen LogP contribution in [0.2, 0.25) is 5.02 Å². The maximum atomic E-state index is 12.5. The van der Waals surface area contributed by atoms with Gasteiger partial charge in [-0.05, 0) is 41.5 Å². The maximum absolute atomic E-state index is 12.5. The molecule has 2 aliphatic rings. The van der Waals surface area contributed by atoms with Crippen molar-refractivity contribution in [3.8, 4) is 5.75 Å². The van der Waals surface area contributed by atoms with Gasteiger partial charge in [0.25, 0.3) is 5.91 Å². The number of nitrogens with zero attached hydrogens (tertiary/aromatic N) is 1. The molecule has 2 aromatic rings. The molecule has 138 valence electrons. The molecule has 2 aromatic carbocycles. The molecule has 3 amide bonds. The van der Waals surface area contributed by atoms with Gasteiger partial charge in [0.15, 0.2) is 6.10 Å². The summed E-state index contributed by atoms with van der Waals surface area (Å²) in [6.07, 6.45) is 0.432. The Morgan fingerprint density at radius 2 is 1.81 bits per heavy atom. The molecule has 1 saturated heterocycles. The van der Waals surface area contributed by atoms with Gasteiger partial charge in [0.1, 0.15) is 5.75 Å². The zero-order chi connectivity index (χ0) is 19.0. The third-order valence-electron chi connectivity index (χ3n) is 4.71. The van der Waals surface area contributed by atoms with E-state index in [0.29, 0.717) is 22.9 Å². The van der Waals surface area contributed by atoms with E-state index >= 15 is 0 Å². The summed E-state index contributed by atoms with van der Waals surface area (Å²) >= 11 is 5.97. The topological polar surface area (TPSA) is 75.7 Å². The number of nitrogens with one attached hydrogen (secondary N) is 1. The summed E-state index contributed by atoms with van der Waals surface area (Å²) in [6, 6.07) is 12.4. The molecule has 1 N–H and O–H groups in total. The van der Waals surface area contributed by atoms with Gasteiger partial charge in [0.05, 0.1) is 6.54 Å². The normalized spacial score (nSPS) is 18.4. The minimum atomic E-state index is -0.599. The Morgan fingerprint density at radius 3 is 2.52 bits per heavy atom. The zero-order valence-corrected chi connectivity index (χ0v) is 15.2. The van der Waals surface area contributed by atoms with Gasteiger partial charge in [-0.15, -0.1) is 0 Å². The van der Waals surface area contributed by atoms with Crippen LogP contribution >= 0.6 is 11.6 Å². The second-order valence-electron chi connectivity index (χ2n) is 6.62. The highest BCUT2D eigenvalue weighted by Crippen LogP contribution is 2.31. The molecule has 0 saturated carbocycles. The number of anilines is 1. The summed E-state index contributed by atoms with van der Waals surface area (Å²) in [5.41, 5.74) is 2.37. The smallest absolute Gasteiger partial charge is 0.265 e. The van der Waals surface area contributed by atoms with Gasteiger partial charge in [0.2, 0.25) is 11.8 Å². The summed E-state index contributed by atoms with van der Waals surface area (Å²) < 4.78 is 5.68. The van der Waals surface area contributed by atoms with Crippen molar-refractivity contribution in [3.63, 3.8) is 0 Å². The number of fused-ring (bicyclic) bond motifs is 1. The number of benzene rings is 2. The first-order valence-corrected chi connectivity index (χ1v) is 9.05. The lowest BCUT2D eigenvalue weighted by atomic mass is 10.1. The summed E-state index contributed by atoms with van der Waals surface area (Å²) in [5, 5.41) is 3.44. The molecule has 0 bridgehead atoms. The van der Waals surface area contributed by atoms with Crippen LogP contribution in [0.25, 0.3) is 0 Å². The van der Waals surface area contributed by atoms with Gasteiger partial charge in [-0.2, -0.15) is 0 Å². The fourth-order valence-electron chi connectivity index (χ4n) is 3.26. The quantitative estimate of drug-likeness (QED) is 0.822. The van der Waals surface area contributed by atoms with Crippen molar-refractivity contribution in [3.05, 3.63) is 58.6 Å². The van der Waals surface area contributed by atoms with Crippen molar-refractivity contribution >= 4 is 35.0 Å². The van der Waals surface area contributed by atoms with E-state index in [-0.39, 0.29) is 37.1 Å². The minimum Gasteiger partial charge on any atom is -0.480 e. The number of amides is 3. The van der Waals surface area contributed by atoms with Crippen LogP contribution in [-0.2, 0) is 27.3 Å². The van der Waals surface area contributed by atoms with E-state index in [0.717, 1.165) is 11.1 Å². The molecular weight excluding hydrogens is 368 g/mol. The third kappa shape index (κ3) is 3.66. The van der Waals surface area contributed by atoms with Gasteiger partial charge in [-0.25, -0.2) is 0 Å². The lowest BCUT2D eigenvalue weighted by Crippen LogP contribution is -2.31. The summed E-state index contributed by atoms with van der Waals surface area (Å²) in [4.78, 5) is 37.1. The van der Waals surface area contributed by atoms with Gasteiger partial charge in [0, 0.05) is 30.0 Å². The van der Waals surface area contributed by atoms with Gasteiger partial charge < -0.3 is 10.1 Å². The SMILES string of the molecule is O=C(Nc1ccc(CN2C(=O)CCC2=O)cc1)C1Cc2cc(Cl)ccc2O1. The van der Waals surface area contributed by atoms with Crippen molar-refractivity contribution in [2.24, 2.45) is 0 Å². The summed E-state index contributed by atoms with van der Waals surface area (Å²) in [6.45, 7) is 0.258. The summed E-state index contributed by atoms with van der Waals surface area (Å²) in [5.74, 6) is 0.153. The van der Waals surface area contributed by atoms with E-state index < -0.39 is 6.10 Å². The van der Waals surface area contributed by atoms with Crippen LogP contribution in [0.15, 0.2) is 42.5 Å². The van der Waals surface area contributed by atoms with Crippen molar-refractivity contribution in [2.75, 3.05) is 5.32 Å². The van der Waals surface area contributed by atoms with Gasteiger partial charge in [-0.3, -0.25) is 19.3 Å². The Labute approximate surface area is 161 Å². The lowest BCUT2D eigenvalue weighted by Gasteiger charge is -2.15. The van der Waals surface area contributed by atoms with Gasteiger partial charge >= 0.3 is 0 Å². The predicted molar refractivity (Wildman–Crippen MR) is 99.4 cm³/mol. The maximum Gasteiger partial charge on any atom is 0.265 e. The number of hydrogen-bond acceptors (Lipinski definition) is 4. The molecule has 27 heavy (non-hydrogen) atoms. The van der Waals surface area contributed by atoms with E-state index in [2.05, 4.69) is 5.32 Å². The molecule has 0 radical (unpaired) electrons. The Bertz CT molecular complexity index is 910. The van der Waals surface area contributed by atoms with Crippen LogP contribution in [0.5, 0.6) is 5.75 Å². The third-order valence-corrected chi connectivity index (χ3v) is 4.94.